The van der Waals surface area contributed by atoms with E-state index < -0.39 is 21.5 Å². The summed E-state index contributed by atoms with van der Waals surface area (Å²) in [5.74, 6) is -0.587. The molecule has 1 aliphatic rings. The first-order valence-corrected chi connectivity index (χ1v) is 12.3. The Morgan fingerprint density at radius 3 is 2.18 bits per heavy atom. The minimum Gasteiger partial charge on any atom is -0.326 e. The van der Waals surface area contributed by atoms with Gasteiger partial charge in [-0.1, -0.05) is 37.5 Å². The Bertz CT molecular complexity index is 1280. The summed E-state index contributed by atoms with van der Waals surface area (Å²) in [5.41, 5.74) is 0.235. The lowest BCUT2D eigenvalue weighted by atomic mass is 9.82. The van der Waals surface area contributed by atoms with E-state index in [1.807, 2.05) is 0 Å². The predicted octanol–water partition coefficient (Wildman–Crippen LogP) is 3.81. The zero-order valence-corrected chi connectivity index (χ0v) is 19.1. The summed E-state index contributed by atoms with van der Waals surface area (Å²) in [5, 5.41) is 6.23. The first-order valence-electron chi connectivity index (χ1n) is 10.9. The molecule has 0 unspecified atom stereocenters. The Hall–Kier alpha value is -3.30. The number of aromatic nitrogens is 1. The number of pyridine rings is 1. The smallest absolute Gasteiger partial charge is 0.245 e. The van der Waals surface area contributed by atoms with Crippen LogP contribution < -0.4 is 15.4 Å². The van der Waals surface area contributed by atoms with Gasteiger partial charge in [-0.15, -0.1) is 0 Å². The summed E-state index contributed by atoms with van der Waals surface area (Å²) in [6.07, 6.45) is 4.78. The molecule has 1 heterocycles. The molecule has 0 radical (unpaired) electrons. The molecule has 0 bridgehead atoms. The van der Waals surface area contributed by atoms with E-state index in [2.05, 4.69) is 20.3 Å². The first-order chi connectivity index (χ1) is 15.8. The zero-order chi connectivity index (χ0) is 23.5. The topological polar surface area (TPSA) is 117 Å². The van der Waals surface area contributed by atoms with E-state index in [1.54, 1.807) is 54.7 Å². The molecule has 3 aromatic rings. The van der Waals surface area contributed by atoms with E-state index in [4.69, 9.17) is 0 Å². The third-order valence-electron chi connectivity index (χ3n) is 5.82. The van der Waals surface area contributed by atoms with E-state index in [9.17, 15) is 18.0 Å². The molecule has 0 saturated heterocycles. The van der Waals surface area contributed by atoms with Crippen molar-refractivity contribution in [2.75, 3.05) is 10.6 Å². The van der Waals surface area contributed by atoms with E-state index in [-0.39, 0.29) is 10.8 Å². The van der Waals surface area contributed by atoms with Crippen molar-refractivity contribution in [1.82, 2.24) is 9.71 Å². The van der Waals surface area contributed by atoms with Gasteiger partial charge in [0.2, 0.25) is 21.8 Å². The first kappa shape index (κ1) is 22.9. The van der Waals surface area contributed by atoms with E-state index >= 15 is 0 Å². The van der Waals surface area contributed by atoms with Crippen LogP contribution in [0.15, 0.2) is 65.7 Å². The number of hydrogen-bond donors (Lipinski definition) is 3. The number of nitrogens with zero attached hydrogens (tertiary/aromatic N) is 1. The van der Waals surface area contributed by atoms with Gasteiger partial charge < -0.3 is 10.6 Å². The molecule has 172 valence electrons. The number of carbonyl (C=O) groups excluding carboxylic acids is 2. The molecule has 8 nitrogen and oxygen atoms in total. The van der Waals surface area contributed by atoms with Gasteiger partial charge in [-0.25, -0.2) is 8.42 Å². The Balaban J connectivity index is 1.61. The summed E-state index contributed by atoms with van der Waals surface area (Å²) in [6.45, 7) is 1.42. The number of hydrogen-bond acceptors (Lipinski definition) is 5. The van der Waals surface area contributed by atoms with Crippen LogP contribution in [-0.2, 0) is 19.6 Å². The number of amides is 2. The zero-order valence-electron chi connectivity index (χ0n) is 18.3. The summed E-state index contributed by atoms with van der Waals surface area (Å²) < 4.78 is 29.6. The predicted molar refractivity (Wildman–Crippen MR) is 127 cm³/mol. The molecule has 2 amide bonds. The second-order valence-electron chi connectivity index (χ2n) is 8.29. The Morgan fingerprint density at radius 2 is 1.52 bits per heavy atom. The van der Waals surface area contributed by atoms with E-state index in [0.717, 1.165) is 19.3 Å². The van der Waals surface area contributed by atoms with Gasteiger partial charge in [-0.2, -0.15) is 4.72 Å². The van der Waals surface area contributed by atoms with Crippen molar-refractivity contribution in [2.45, 2.75) is 49.5 Å². The van der Waals surface area contributed by atoms with Crippen LogP contribution in [0.2, 0.25) is 0 Å². The average molecular weight is 467 g/mol. The minimum absolute atomic E-state index is 0.0537. The molecule has 33 heavy (non-hydrogen) atoms. The van der Waals surface area contributed by atoms with Crippen molar-refractivity contribution in [3.05, 3.63) is 60.8 Å². The number of para-hydroxylation sites is 1. The van der Waals surface area contributed by atoms with Crippen LogP contribution in [0.4, 0.5) is 11.4 Å². The van der Waals surface area contributed by atoms with Gasteiger partial charge in [0.25, 0.3) is 0 Å². The minimum atomic E-state index is -4.02. The molecule has 1 aromatic heterocycles. The van der Waals surface area contributed by atoms with Crippen molar-refractivity contribution in [2.24, 2.45) is 0 Å². The number of nitrogens with one attached hydrogen (secondary N) is 3. The highest BCUT2D eigenvalue weighted by Crippen LogP contribution is 2.32. The van der Waals surface area contributed by atoms with Crippen LogP contribution in [0.5, 0.6) is 0 Å². The van der Waals surface area contributed by atoms with Crippen molar-refractivity contribution >= 4 is 44.1 Å². The molecule has 1 saturated carbocycles. The van der Waals surface area contributed by atoms with Crippen LogP contribution in [0.1, 0.15) is 39.0 Å². The van der Waals surface area contributed by atoms with Gasteiger partial charge in [0.1, 0.15) is 10.4 Å². The second-order valence-corrected chi connectivity index (χ2v) is 9.94. The Morgan fingerprint density at radius 1 is 0.879 bits per heavy atom. The fourth-order valence-electron chi connectivity index (χ4n) is 4.23. The van der Waals surface area contributed by atoms with Gasteiger partial charge in [-0.3, -0.25) is 14.6 Å². The summed E-state index contributed by atoms with van der Waals surface area (Å²) in [4.78, 5) is 28.9. The highest BCUT2D eigenvalue weighted by Gasteiger charge is 2.43. The molecule has 0 atom stereocenters. The maximum absolute atomic E-state index is 13.5. The molecular formula is C24H26N4O4S. The van der Waals surface area contributed by atoms with Gasteiger partial charge in [0.05, 0.1) is 5.52 Å². The molecule has 2 aromatic carbocycles. The van der Waals surface area contributed by atoms with Crippen molar-refractivity contribution in [3.63, 3.8) is 0 Å². The molecule has 1 fully saturated rings. The summed E-state index contributed by atoms with van der Waals surface area (Å²) in [7, 11) is -4.02. The quantitative estimate of drug-likeness (QED) is 0.511. The maximum Gasteiger partial charge on any atom is 0.245 e. The number of anilines is 2. The second kappa shape index (κ2) is 9.29. The largest absolute Gasteiger partial charge is 0.326 e. The number of sulfonamides is 1. The molecule has 0 aliphatic heterocycles. The fourth-order valence-corrected chi connectivity index (χ4v) is 5.83. The van der Waals surface area contributed by atoms with Crippen LogP contribution in [0.25, 0.3) is 10.9 Å². The molecular weight excluding hydrogens is 440 g/mol. The van der Waals surface area contributed by atoms with Crippen LogP contribution in [-0.4, -0.2) is 30.8 Å². The highest BCUT2D eigenvalue weighted by molar-refractivity contribution is 7.89. The monoisotopic (exact) mass is 466 g/mol. The van der Waals surface area contributed by atoms with Crippen LogP contribution in [0, 0.1) is 0 Å². The van der Waals surface area contributed by atoms with Gasteiger partial charge >= 0.3 is 0 Å². The average Bonchev–Trinajstić information content (AvgIpc) is 2.80. The molecule has 9 heteroatoms. The van der Waals surface area contributed by atoms with Crippen LogP contribution >= 0.6 is 0 Å². The molecule has 3 N–H and O–H groups in total. The lowest BCUT2D eigenvalue weighted by molar-refractivity contribution is -0.123. The molecule has 4 rings (SSSR count). The van der Waals surface area contributed by atoms with E-state index in [1.165, 1.54) is 13.0 Å². The standard InChI is InChI=1S/C24H26N4O4S/c1-17(29)26-19-10-12-20(13-11-19)27-23(30)24(14-3-2-4-15-24)28-33(31,32)21-9-5-7-18-8-6-16-25-22(18)21/h5-13,16,28H,2-4,14-15H2,1H3,(H,26,29)(H,27,30). The normalized spacial score (nSPS) is 15.7. The fraction of sp³-hybridized carbons (Fsp3) is 0.292. The van der Waals surface area contributed by atoms with Crippen LogP contribution in [0.3, 0.4) is 0 Å². The lowest BCUT2D eigenvalue weighted by Gasteiger charge is -2.36. The van der Waals surface area contributed by atoms with E-state index in [0.29, 0.717) is 35.1 Å². The third kappa shape index (κ3) is 5.04. The Labute approximate surface area is 192 Å². The number of benzene rings is 2. The Kier molecular flexibility index (Phi) is 6.44. The number of rotatable bonds is 6. The maximum atomic E-state index is 13.5. The number of fused-ring (bicyclic) bond motifs is 1. The van der Waals surface area contributed by atoms with Gasteiger partial charge in [-0.05, 0) is 49.2 Å². The molecule has 1 aliphatic carbocycles. The highest BCUT2D eigenvalue weighted by atomic mass is 32.2. The number of carbonyl (C=O) groups is 2. The lowest BCUT2D eigenvalue weighted by Crippen LogP contribution is -2.57. The van der Waals surface area contributed by atoms with Crippen molar-refractivity contribution in [1.29, 1.82) is 0 Å². The summed E-state index contributed by atoms with van der Waals surface area (Å²) >= 11 is 0. The van der Waals surface area contributed by atoms with Crippen molar-refractivity contribution < 1.29 is 18.0 Å². The summed E-state index contributed by atoms with van der Waals surface area (Å²) in [6, 6.07) is 15.2. The SMILES string of the molecule is CC(=O)Nc1ccc(NC(=O)C2(NS(=O)(=O)c3cccc4cccnc34)CCCCC2)cc1. The van der Waals surface area contributed by atoms with Gasteiger partial charge in [0, 0.05) is 29.9 Å². The van der Waals surface area contributed by atoms with Gasteiger partial charge in [0.15, 0.2) is 0 Å². The third-order valence-corrected chi connectivity index (χ3v) is 7.39. The van der Waals surface area contributed by atoms with Crippen molar-refractivity contribution in [3.8, 4) is 0 Å². The molecule has 0 spiro atoms.